The van der Waals surface area contributed by atoms with Crippen LogP contribution in [-0.4, -0.2) is 11.1 Å². The third-order valence-corrected chi connectivity index (χ3v) is 3.05. The van der Waals surface area contributed by atoms with Gasteiger partial charge in [0.2, 0.25) is 0 Å². The van der Waals surface area contributed by atoms with E-state index in [9.17, 15) is 4.79 Å². The number of alkyl halides is 1. The fraction of sp³-hybridized carbons (Fsp3) is 0.300. The zero-order valence-electron chi connectivity index (χ0n) is 7.31. The van der Waals surface area contributed by atoms with Gasteiger partial charge in [-0.05, 0) is 46.7 Å². The van der Waals surface area contributed by atoms with Crippen LogP contribution in [0.2, 0.25) is 0 Å². The van der Waals surface area contributed by atoms with Gasteiger partial charge in [0.25, 0.3) is 0 Å². The molecule has 0 saturated carbocycles. The van der Waals surface area contributed by atoms with Crippen molar-refractivity contribution >= 4 is 44.3 Å². The molecule has 0 saturated heterocycles. The molecule has 0 heterocycles. The Morgan fingerprint density at radius 2 is 2.23 bits per heavy atom. The van der Waals surface area contributed by atoms with Crippen LogP contribution in [-0.2, 0) is 6.42 Å². The Balaban J connectivity index is 3.13. The Hall–Kier alpha value is 0.1000. The maximum absolute atomic E-state index is 11.5. The van der Waals surface area contributed by atoms with Crippen molar-refractivity contribution in [2.24, 2.45) is 0 Å². The molecule has 0 amide bonds. The number of aryl methyl sites for hydroxylation is 1. The molecule has 0 unspecified atom stereocenters. The number of hydrogen-bond acceptors (Lipinski definition) is 1. The summed E-state index contributed by atoms with van der Waals surface area (Å²) in [4.78, 5) is 11.5. The zero-order chi connectivity index (χ0) is 9.84. The van der Waals surface area contributed by atoms with E-state index < -0.39 is 0 Å². The normalized spacial score (nSPS) is 10.1. The summed E-state index contributed by atoms with van der Waals surface area (Å²) >= 11 is 5.44. The zero-order valence-corrected chi connectivity index (χ0v) is 11.1. The molecule has 0 radical (unpaired) electrons. The second kappa shape index (κ2) is 5.10. The lowest BCUT2D eigenvalue weighted by molar-refractivity contribution is 0.102. The molecule has 13 heavy (non-hydrogen) atoms. The average molecular weight is 353 g/mol. The summed E-state index contributed by atoms with van der Waals surface area (Å²) in [5.41, 5.74) is 1.98. The van der Waals surface area contributed by atoms with Gasteiger partial charge in [-0.1, -0.05) is 28.9 Å². The van der Waals surface area contributed by atoms with E-state index in [2.05, 4.69) is 51.5 Å². The van der Waals surface area contributed by atoms with Gasteiger partial charge in [-0.25, -0.2) is 0 Å². The Morgan fingerprint density at radius 1 is 1.54 bits per heavy atom. The number of benzene rings is 1. The molecule has 1 aromatic carbocycles. The lowest BCUT2D eigenvalue weighted by Gasteiger charge is -2.05. The second-order valence-corrected chi connectivity index (χ2v) is 4.52. The molecule has 1 rings (SSSR count). The molecule has 1 nitrogen and oxygen atoms in total. The van der Waals surface area contributed by atoms with Crippen LogP contribution < -0.4 is 0 Å². The first-order valence-electron chi connectivity index (χ1n) is 4.06. The molecule has 0 aliphatic heterocycles. The van der Waals surface area contributed by atoms with Crippen LogP contribution in [0.5, 0.6) is 0 Å². The van der Waals surface area contributed by atoms with Gasteiger partial charge in [0.1, 0.15) is 0 Å². The van der Waals surface area contributed by atoms with Crippen molar-refractivity contribution in [1.82, 2.24) is 0 Å². The molecule has 0 fully saturated rings. The maximum Gasteiger partial charge on any atom is 0.173 e. The van der Waals surface area contributed by atoms with Crippen molar-refractivity contribution in [3.05, 3.63) is 32.9 Å². The average Bonchev–Trinajstić information content (AvgIpc) is 2.16. The topological polar surface area (TPSA) is 17.1 Å². The molecule has 0 bridgehead atoms. The van der Waals surface area contributed by atoms with Crippen LogP contribution in [0, 0.1) is 3.57 Å². The lowest BCUT2D eigenvalue weighted by Crippen LogP contribution is -2.04. The van der Waals surface area contributed by atoms with Gasteiger partial charge in [0.15, 0.2) is 5.78 Å². The molecule has 0 atom stereocenters. The SMILES string of the molecule is CCc1cc(I)ccc1C(=O)CBr. The summed E-state index contributed by atoms with van der Waals surface area (Å²) < 4.78 is 1.18. The monoisotopic (exact) mass is 352 g/mol. The van der Waals surface area contributed by atoms with Crippen molar-refractivity contribution in [1.29, 1.82) is 0 Å². The highest BCUT2D eigenvalue weighted by molar-refractivity contribution is 14.1. The Labute approximate surface area is 100 Å². The highest BCUT2D eigenvalue weighted by atomic mass is 127. The van der Waals surface area contributed by atoms with E-state index in [1.54, 1.807) is 0 Å². The first kappa shape index (κ1) is 11.2. The van der Waals surface area contributed by atoms with Gasteiger partial charge in [0, 0.05) is 9.13 Å². The van der Waals surface area contributed by atoms with Gasteiger partial charge in [-0.3, -0.25) is 4.79 Å². The standard InChI is InChI=1S/C10H10BrIO/c1-2-7-5-8(12)3-4-9(7)10(13)6-11/h3-5H,2,6H2,1H3. The molecule has 3 heteroatoms. The van der Waals surface area contributed by atoms with E-state index in [0.29, 0.717) is 5.33 Å². The van der Waals surface area contributed by atoms with Crippen molar-refractivity contribution in [2.45, 2.75) is 13.3 Å². The number of halogens is 2. The van der Waals surface area contributed by atoms with Gasteiger partial charge in [-0.2, -0.15) is 0 Å². The summed E-state index contributed by atoms with van der Waals surface area (Å²) in [6.07, 6.45) is 0.908. The highest BCUT2D eigenvalue weighted by Gasteiger charge is 2.08. The third-order valence-electron chi connectivity index (χ3n) is 1.87. The van der Waals surface area contributed by atoms with Crippen molar-refractivity contribution in [2.75, 3.05) is 5.33 Å². The van der Waals surface area contributed by atoms with Gasteiger partial charge in [-0.15, -0.1) is 0 Å². The summed E-state index contributed by atoms with van der Waals surface area (Å²) in [6.45, 7) is 2.07. The van der Waals surface area contributed by atoms with Gasteiger partial charge < -0.3 is 0 Å². The number of Topliss-reactive ketones (excluding diaryl/α,β-unsaturated/α-hetero) is 1. The van der Waals surface area contributed by atoms with Crippen LogP contribution in [0.15, 0.2) is 18.2 Å². The molecule has 0 aromatic heterocycles. The highest BCUT2D eigenvalue weighted by Crippen LogP contribution is 2.15. The van der Waals surface area contributed by atoms with E-state index in [1.807, 2.05) is 12.1 Å². The number of rotatable bonds is 3. The lowest BCUT2D eigenvalue weighted by atomic mass is 10.0. The predicted octanol–water partition coefficient (Wildman–Crippen LogP) is 3.43. The molecule has 70 valence electrons. The number of ketones is 1. The summed E-state index contributed by atoms with van der Waals surface area (Å²) in [7, 11) is 0. The van der Waals surface area contributed by atoms with E-state index >= 15 is 0 Å². The van der Waals surface area contributed by atoms with Crippen LogP contribution in [0.4, 0.5) is 0 Å². The second-order valence-electron chi connectivity index (χ2n) is 2.71. The molecular formula is C10H10BrIO. The largest absolute Gasteiger partial charge is 0.293 e. The molecule has 0 N–H and O–H groups in total. The van der Waals surface area contributed by atoms with Crippen LogP contribution in [0.25, 0.3) is 0 Å². The molecule has 1 aromatic rings. The number of hydrogen-bond donors (Lipinski definition) is 0. The van der Waals surface area contributed by atoms with Crippen LogP contribution >= 0.6 is 38.5 Å². The summed E-state index contributed by atoms with van der Waals surface area (Å²) in [5, 5.41) is 0.403. The minimum absolute atomic E-state index is 0.160. The van der Waals surface area contributed by atoms with Gasteiger partial charge in [0.05, 0.1) is 5.33 Å². The van der Waals surface area contributed by atoms with Crippen molar-refractivity contribution < 1.29 is 4.79 Å². The number of carbonyl (C=O) groups excluding carboxylic acids is 1. The van der Waals surface area contributed by atoms with E-state index in [-0.39, 0.29) is 5.78 Å². The Morgan fingerprint density at radius 3 is 2.77 bits per heavy atom. The van der Waals surface area contributed by atoms with Crippen molar-refractivity contribution in [3.8, 4) is 0 Å². The summed E-state index contributed by atoms with van der Waals surface area (Å²) in [6, 6.07) is 5.94. The smallest absolute Gasteiger partial charge is 0.173 e. The van der Waals surface area contributed by atoms with Crippen LogP contribution in [0.1, 0.15) is 22.8 Å². The van der Waals surface area contributed by atoms with Crippen LogP contribution in [0.3, 0.4) is 0 Å². The minimum atomic E-state index is 0.160. The minimum Gasteiger partial charge on any atom is -0.293 e. The first-order valence-corrected chi connectivity index (χ1v) is 6.26. The molecular weight excluding hydrogens is 343 g/mol. The predicted molar refractivity (Wildman–Crippen MR) is 66.7 cm³/mol. The maximum atomic E-state index is 11.5. The Kier molecular flexibility index (Phi) is 4.38. The molecule has 0 spiro atoms. The fourth-order valence-electron chi connectivity index (χ4n) is 1.20. The third kappa shape index (κ3) is 2.77. The van der Waals surface area contributed by atoms with Gasteiger partial charge >= 0.3 is 0 Å². The Bertz CT molecular complexity index is 323. The van der Waals surface area contributed by atoms with E-state index in [0.717, 1.165) is 17.5 Å². The molecule has 0 aliphatic carbocycles. The fourth-order valence-corrected chi connectivity index (χ4v) is 2.06. The van der Waals surface area contributed by atoms with Crippen molar-refractivity contribution in [3.63, 3.8) is 0 Å². The number of carbonyl (C=O) groups is 1. The van der Waals surface area contributed by atoms with E-state index in [1.165, 1.54) is 3.57 Å². The quantitative estimate of drug-likeness (QED) is 0.462. The van der Waals surface area contributed by atoms with E-state index in [4.69, 9.17) is 0 Å². The molecule has 0 aliphatic rings. The summed E-state index contributed by atoms with van der Waals surface area (Å²) in [5.74, 6) is 0.160. The first-order chi connectivity index (χ1) is 6.19.